The second kappa shape index (κ2) is 5.55. The second-order valence-electron chi connectivity index (χ2n) is 5.69. The van der Waals surface area contributed by atoms with Crippen molar-refractivity contribution in [2.24, 2.45) is 5.41 Å². The molecule has 0 spiro atoms. The van der Waals surface area contributed by atoms with E-state index >= 15 is 0 Å². The Morgan fingerprint density at radius 2 is 1.70 bits per heavy atom. The highest BCUT2D eigenvalue weighted by molar-refractivity contribution is 6.30. The van der Waals surface area contributed by atoms with Crippen LogP contribution in [0.2, 0.25) is 5.02 Å². The van der Waals surface area contributed by atoms with Gasteiger partial charge in [0.15, 0.2) is 0 Å². The highest BCUT2D eigenvalue weighted by Crippen LogP contribution is 2.32. The minimum absolute atomic E-state index is 0.192. The molecule has 0 aromatic heterocycles. The molecule has 3 heteroatoms. The molecule has 0 bridgehead atoms. The monoisotopic (exact) mass is 289 g/mol. The second-order valence-corrected chi connectivity index (χ2v) is 6.10. The predicted molar refractivity (Wildman–Crippen MR) is 80.6 cm³/mol. The molecule has 2 aromatic rings. The van der Waals surface area contributed by atoms with Crippen molar-refractivity contribution >= 4 is 11.6 Å². The van der Waals surface area contributed by atoms with Crippen molar-refractivity contribution in [3.8, 4) is 0 Å². The summed E-state index contributed by atoms with van der Waals surface area (Å²) < 4.78 is 13.6. The molecule has 3 rings (SSSR count). The minimum atomic E-state index is -0.327. The van der Waals surface area contributed by atoms with E-state index in [9.17, 15) is 4.39 Å². The molecule has 0 radical (unpaired) electrons. The van der Waals surface area contributed by atoms with E-state index < -0.39 is 0 Å². The number of benzene rings is 2. The molecular formula is C17H17ClFN. The Balaban J connectivity index is 1.77. The first-order valence-electron chi connectivity index (χ1n) is 6.86. The lowest BCUT2D eigenvalue weighted by Crippen LogP contribution is -2.56. The molecule has 0 aliphatic carbocycles. The largest absolute Gasteiger partial charge is 0.315 e. The van der Waals surface area contributed by atoms with Gasteiger partial charge in [-0.05, 0) is 36.1 Å². The summed E-state index contributed by atoms with van der Waals surface area (Å²) in [5.41, 5.74) is 2.55. The first-order valence-corrected chi connectivity index (χ1v) is 7.23. The Bertz CT molecular complexity index is 593. The Labute approximate surface area is 123 Å². The third kappa shape index (κ3) is 2.87. The summed E-state index contributed by atoms with van der Waals surface area (Å²) in [6.45, 7) is 1.96. The number of hydrogen-bond donors (Lipinski definition) is 1. The van der Waals surface area contributed by atoms with Crippen LogP contribution in [0.25, 0.3) is 0 Å². The van der Waals surface area contributed by atoms with Gasteiger partial charge in [0.2, 0.25) is 0 Å². The molecule has 0 atom stereocenters. The van der Waals surface area contributed by atoms with Gasteiger partial charge in [-0.25, -0.2) is 4.39 Å². The highest BCUT2D eigenvalue weighted by Gasteiger charge is 2.37. The van der Waals surface area contributed by atoms with Crippen molar-refractivity contribution in [1.29, 1.82) is 0 Å². The fourth-order valence-electron chi connectivity index (χ4n) is 2.90. The summed E-state index contributed by atoms with van der Waals surface area (Å²) in [7, 11) is 0. The predicted octanol–water partition coefficient (Wildman–Crippen LogP) is 3.85. The maximum atomic E-state index is 13.6. The van der Waals surface area contributed by atoms with E-state index in [2.05, 4.69) is 29.6 Å². The number of hydrogen-bond acceptors (Lipinski definition) is 1. The van der Waals surface area contributed by atoms with Crippen LogP contribution in [0.3, 0.4) is 0 Å². The standard InChI is InChI=1S/C17H17ClFN/c18-15-7-6-14(8-16(15)19)10-17(11-20-12-17)9-13-4-2-1-3-5-13/h1-8,20H,9-12H2. The van der Waals surface area contributed by atoms with E-state index in [0.29, 0.717) is 0 Å². The number of nitrogens with one attached hydrogen (secondary N) is 1. The molecule has 0 saturated carbocycles. The molecule has 1 N–H and O–H groups in total. The summed E-state index contributed by atoms with van der Waals surface area (Å²) >= 11 is 5.74. The molecule has 2 aromatic carbocycles. The van der Waals surface area contributed by atoms with E-state index in [1.807, 2.05) is 12.1 Å². The first-order chi connectivity index (χ1) is 9.67. The van der Waals surface area contributed by atoms with Gasteiger partial charge in [0.1, 0.15) is 5.82 Å². The Morgan fingerprint density at radius 3 is 2.30 bits per heavy atom. The molecular weight excluding hydrogens is 273 g/mol. The van der Waals surface area contributed by atoms with Crippen LogP contribution < -0.4 is 5.32 Å². The van der Waals surface area contributed by atoms with Crippen molar-refractivity contribution in [3.05, 3.63) is 70.5 Å². The third-order valence-corrected chi connectivity index (χ3v) is 4.29. The molecule has 1 heterocycles. The van der Waals surface area contributed by atoms with Gasteiger partial charge in [-0.15, -0.1) is 0 Å². The molecule has 1 fully saturated rings. The molecule has 104 valence electrons. The average Bonchev–Trinajstić information content (AvgIpc) is 2.41. The normalized spacial score (nSPS) is 16.7. The van der Waals surface area contributed by atoms with Gasteiger partial charge in [0, 0.05) is 18.5 Å². The van der Waals surface area contributed by atoms with Crippen molar-refractivity contribution in [2.45, 2.75) is 12.8 Å². The van der Waals surface area contributed by atoms with Crippen LogP contribution in [-0.4, -0.2) is 13.1 Å². The molecule has 1 aliphatic heterocycles. The summed E-state index contributed by atoms with van der Waals surface area (Å²) in [5.74, 6) is -0.327. The summed E-state index contributed by atoms with van der Waals surface area (Å²) in [6.07, 6.45) is 1.90. The van der Waals surface area contributed by atoms with Gasteiger partial charge in [-0.1, -0.05) is 48.0 Å². The van der Waals surface area contributed by atoms with Crippen LogP contribution in [0.5, 0.6) is 0 Å². The van der Waals surface area contributed by atoms with E-state index in [0.717, 1.165) is 31.5 Å². The third-order valence-electron chi connectivity index (χ3n) is 3.99. The van der Waals surface area contributed by atoms with Gasteiger partial charge in [-0.3, -0.25) is 0 Å². The minimum Gasteiger partial charge on any atom is -0.315 e. The van der Waals surface area contributed by atoms with Crippen molar-refractivity contribution in [1.82, 2.24) is 5.32 Å². The zero-order valence-corrected chi connectivity index (χ0v) is 12.0. The first kappa shape index (κ1) is 13.6. The Kier molecular flexibility index (Phi) is 3.77. The SMILES string of the molecule is Fc1cc(CC2(Cc3ccccc3)CNC2)ccc1Cl. The highest BCUT2D eigenvalue weighted by atomic mass is 35.5. The molecule has 1 saturated heterocycles. The Morgan fingerprint density at radius 1 is 1.00 bits per heavy atom. The zero-order chi connectivity index (χ0) is 14.0. The maximum Gasteiger partial charge on any atom is 0.142 e. The average molecular weight is 290 g/mol. The lowest BCUT2D eigenvalue weighted by molar-refractivity contribution is 0.166. The number of halogens is 2. The van der Waals surface area contributed by atoms with Crippen molar-refractivity contribution < 1.29 is 4.39 Å². The fraction of sp³-hybridized carbons (Fsp3) is 0.294. The lowest BCUT2D eigenvalue weighted by Gasteiger charge is -2.43. The van der Waals surface area contributed by atoms with E-state index in [1.54, 1.807) is 12.1 Å². The number of rotatable bonds is 4. The van der Waals surface area contributed by atoms with Gasteiger partial charge < -0.3 is 5.32 Å². The summed E-state index contributed by atoms with van der Waals surface area (Å²) in [6, 6.07) is 15.6. The Hall–Kier alpha value is -1.38. The van der Waals surface area contributed by atoms with Gasteiger partial charge in [0.25, 0.3) is 0 Å². The van der Waals surface area contributed by atoms with E-state index in [-0.39, 0.29) is 16.3 Å². The zero-order valence-electron chi connectivity index (χ0n) is 11.2. The van der Waals surface area contributed by atoms with Gasteiger partial charge in [0.05, 0.1) is 5.02 Å². The molecule has 0 unspecified atom stereocenters. The fourth-order valence-corrected chi connectivity index (χ4v) is 3.02. The van der Waals surface area contributed by atoms with Crippen LogP contribution in [0.4, 0.5) is 4.39 Å². The topological polar surface area (TPSA) is 12.0 Å². The van der Waals surface area contributed by atoms with Crippen LogP contribution in [0.15, 0.2) is 48.5 Å². The molecule has 0 amide bonds. The molecule has 1 nitrogen and oxygen atoms in total. The van der Waals surface area contributed by atoms with Crippen LogP contribution in [0.1, 0.15) is 11.1 Å². The molecule has 20 heavy (non-hydrogen) atoms. The molecule has 1 aliphatic rings. The van der Waals surface area contributed by atoms with Crippen LogP contribution in [0, 0.1) is 11.2 Å². The summed E-state index contributed by atoms with van der Waals surface area (Å²) in [4.78, 5) is 0. The van der Waals surface area contributed by atoms with Crippen LogP contribution >= 0.6 is 11.6 Å². The van der Waals surface area contributed by atoms with E-state index in [4.69, 9.17) is 11.6 Å². The van der Waals surface area contributed by atoms with Crippen molar-refractivity contribution in [2.75, 3.05) is 13.1 Å². The van der Waals surface area contributed by atoms with Gasteiger partial charge in [-0.2, -0.15) is 0 Å². The maximum absolute atomic E-state index is 13.6. The smallest absolute Gasteiger partial charge is 0.142 e. The lowest BCUT2D eigenvalue weighted by atomic mass is 9.72. The van der Waals surface area contributed by atoms with Crippen LogP contribution in [-0.2, 0) is 12.8 Å². The summed E-state index contributed by atoms with van der Waals surface area (Å²) in [5, 5.41) is 3.54. The van der Waals surface area contributed by atoms with Gasteiger partial charge >= 0.3 is 0 Å². The van der Waals surface area contributed by atoms with Crippen molar-refractivity contribution in [3.63, 3.8) is 0 Å². The van der Waals surface area contributed by atoms with E-state index in [1.165, 1.54) is 5.56 Å². The quantitative estimate of drug-likeness (QED) is 0.901.